The van der Waals surface area contributed by atoms with Gasteiger partial charge in [0.15, 0.2) is 0 Å². The van der Waals surface area contributed by atoms with Gasteiger partial charge in [0, 0.05) is 32.7 Å². The van der Waals surface area contributed by atoms with Crippen LogP contribution in [0.3, 0.4) is 0 Å². The molecule has 0 aromatic heterocycles. The van der Waals surface area contributed by atoms with Crippen molar-refractivity contribution in [1.29, 1.82) is 0 Å². The summed E-state index contributed by atoms with van der Waals surface area (Å²) in [5.74, 6) is 1.50. The highest BCUT2D eigenvalue weighted by Crippen LogP contribution is 2.07. The molecule has 0 aliphatic carbocycles. The molecule has 0 atom stereocenters. The van der Waals surface area contributed by atoms with Gasteiger partial charge < -0.3 is 15.5 Å². The van der Waals surface area contributed by atoms with Crippen LogP contribution in [0.15, 0.2) is 54.6 Å². The summed E-state index contributed by atoms with van der Waals surface area (Å²) in [4.78, 5) is 2.64. The minimum Gasteiger partial charge on any atom is -0.313 e. The first-order valence-corrected chi connectivity index (χ1v) is 11.8. The second-order valence-electron chi connectivity index (χ2n) is 9.34. The third-order valence-electron chi connectivity index (χ3n) is 5.18. The number of rotatable bonds is 15. The summed E-state index contributed by atoms with van der Waals surface area (Å²) in [6.45, 7) is 16.8. The van der Waals surface area contributed by atoms with Crippen molar-refractivity contribution in [3.8, 4) is 0 Å². The van der Waals surface area contributed by atoms with Gasteiger partial charge in [0.1, 0.15) is 0 Å². The highest BCUT2D eigenvalue weighted by Gasteiger charge is 2.08. The molecule has 166 valence electrons. The van der Waals surface area contributed by atoms with Gasteiger partial charge in [-0.3, -0.25) is 0 Å². The van der Waals surface area contributed by atoms with Crippen LogP contribution in [0.25, 0.3) is 0 Å². The summed E-state index contributed by atoms with van der Waals surface area (Å²) in [5.41, 5.74) is 4.03. The number of nitrogens with zero attached hydrogens (tertiary/aromatic N) is 1. The predicted octanol–water partition coefficient (Wildman–Crippen LogP) is 5.46. The predicted molar refractivity (Wildman–Crippen MR) is 130 cm³/mol. The van der Waals surface area contributed by atoms with Crippen molar-refractivity contribution in [3.05, 3.63) is 71.3 Å². The summed E-state index contributed by atoms with van der Waals surface area (Å²) in [6.07, 6.45) is 2.52. The Hall–Kier alpha value is -1.68. The van der Waals surface area contributed by atoms with E-state index in [0.29, 0.717) is 0 Å². The van der Waals surface area contributed by atoms with Crippen LogP contribution >= 0.6 is 0 Å². The molecule has 0 amide bonds. The first-order chi connectivity index (χ1) is 14.5. The Labute approximate surface area is 185 Å². The number of hydrogen-bond acceptors (Lipinski definition) is 3. The fourth-order valence-corrected chi connectivity index (χ4v) is 3.83. The van der Waals surface area contributed by atoms with Crippen LogP contribution in [0, 0.1) is 11.8 Å². The van der Waals surface area contributed by atoms with Crippen molar-refractivity contribution in [2.75, 3.05) is 26.2 Å². The fourth-order valence-electron chi connectivity index (χ4n) is 3.83. The van der Waals surface area contributed by atoms with Gasteiger partial charge in [0.2, 0.25) is 0 Å². The lowest BCUT2D eigenvalue weighted by atomic mass is 10.1. The van der Waals surface area contributed by atoms with E-state index in [-0.39, 0.29) is 0 Å². The maximum Gasteiger partial charge on any atom is 0.0208 e. The second-order valence-corrected chi connectivity index (χ2v) is 9.34. The number of nitrogens with one attached hydrogen (secondary N) is 2. The minimum atomic E-state index is 0.749. The molecule has 0 spiro atoms. The molecule has 0 unspecified atom stereocenters. The van der Waals surface area contributed by atoms with Crippen LogP contribution in [0.2, 0.25) is 0 Å². The standard InChI is InChI=1S/C27H43N3/c1-23(2)21-30(22-24(3)4)17-9-8-16-28-18-26-12-14-27(15-13-26)20-29-19-25-10-6-5-7-11-25/h5-7,10-15,23-24,28-29H,8-9,16-22H2,1-4H3. The summed E-state index contributed by atoms with van der Waals surface area (Å²) < 4.78 is 0. The molecular formula is C27H43N3. The highest BCUT2D eigenvalue weighted by molar-refractivity contribution is 5.22. The van der Waals surface area contributed by atoms with E-state index in [1.807, 2.05) is 0 Å². The Morgan fingerprint density at radius 2 is 1.13 bits per heavy atom. The lowest BCUT2D eigenvalue weighted by Crippen LogP contribution is -2.32. The normalized spacial score (nSPS) is 11.7. The van der Waals surface area contributed by atoms with Gasteiger partial charge >= 0.3 is 0 Å². The Morgan fingerprint density at radius 1 is 0.633 bits per heavy atom. The van der Waals surface area contributed by atoms with Crippen molar-refractivity contribution in [2.45, 2.75) is 60.2 Å². The molecule has 0 aliphatic heterocycles. The topological polar surface area (TPSA) is 27.3 Å². The maximum atomic E-state index is 3.61. The largest absolute Gasteiger partial charge is 0.313 e. The zero-order chi connectivity index (χ0) is 21.6. The third-order valence-corrected chi connectivity index (χ3v) is 5.18. The zero-order valence-corrected chi connectivity index (χ0v) is 19.7. The van der Waals surface area contributed by atoms with Gasteiger partial charge in [-0.2, -0.15) is 0 Å². The van der Waals surface area contributed by atoms with Gasteiger partial charge in [-0.05, 0) is 54.5 Å². The first kappa shape index (κ1) is 24.6. The smallest absolute Gasteiger partial charge is 0.0208 e. The monoisotopic (exact) mass is 409 g/mol. The molecule has 2 aromatic rings. The number of unbranched alkanes of at least 4 members (excludes halogenated alkanes) is 1. The lowest BCUT2D eigenvalue weighted by Gasteiger charge is -2.26. The quantitative estimate of drug-likeness (QED) is 0.383. The molecule has 2 aromatic carbocycles. The second kappa shape index (κ2) is 14.3. The summed E-state index contributed by atoms with van der Waals surface area (Å²) in [7, 11) is 0. The molecule has 2 N–H and O–H groups in total. The van der Waals surface area contributed by atoms with Crippen LogP contribution in [0.1, 0.15) is 57.2 Å². The number of benzene rings is 2. The molecule has 0 heterocycles. The van der Waals surface area contributed by atoms with Crippen molar-refractivity contribution in [2.24, 2.45) is 11.8 Å². The number of hydrogen-bond donors (Lipinski definition) is 2. The van der Waals surface area contributed by atoms with Crippen molar-refractivity contribution >= 4 is 0 Å². The van der Waals surface area contributed by atoms with Crippen molar-refractivity contribution in [1.82, 2.24) is 15.5 Å². The maximum absolute atomic E-state index is 3.61. The average molecular weight is 410 g/mol. The van der Waals surface area contributed by atoms with Crippen molar-refractivity contribution < 1.29 is 0 Å². The lowest BCUT2D eigenvalue weighted by molar-refractivity contribution is 0.215. The molecule has 0 saturated carbocycles. The third kappa shape index (κ3) is 10.9. The Morgan fingerprint density at radius 3 is 1.67 bits per heavy atom. The van der Waals surface area contributed by atoms with E-state index in [9.17, 15) is 0 Å². The molecule has 3 nitrogen and oxygen atoms in total. The van der Waals surface area contributed by atoms with Crippen LogP contribution in [0.5, 0.6) is 0 Å². The van der Waals surface area contributed by atoms with E-state index in [4.69, 9.17) is 0 Å². The molecular weight excluding hydrogens is 366 g/mol. The molecule has 2 rings (SSSR count). The highest BCUT2D eigenvalue weighted by atomic mass is 15.1. The van der Waals surface area contributed by atoms with E-state index in [1.54, 1.807) is 0 Å². The molecule has 30 heavy (non-hydrogen) atoms. The minimum absolute atomic E-state index is 0.749. The molecule has 0 fully saturated rings. The molecule has 3 heteroatoms. The fraction of sp³-hybridized carbons (Fsp3) is 0.556. The van der Waals surface area contributed by atoms with Gasteiger partial charge in [0.25, 0.3) is 0 Å². The first-order valence-electron chi connectivity index (χ1n) is 11.8. The van der Waals surface area contributed by atoms with E-state index in [0.717, 1.165) is 38.0 Å². The van der Waals surface area contributed by atoms with Crippen LogP contribution in [-0.2, 0) is 19.6 Å². The Balaban J connectivity index is 1.57. The molecule has 0 saturated heterocycles. The van der Waals surface area contributed by atoms with E-state index in [1.165, 1.54) is 49.2 Å². The van der Waals surface area contributed by atoms with E-state index < -0.39 is 0 Å². The molecule has 0 bridgehead atoms. The van der Waals surface area contributed by atoms with Gasteiger partial charge in [0.05, 0.1) is 0 Å². The summed E-state index contributed by atoms with van der Waals surface area (Å²) in [5, 5.41) is 7.12. The van der Waals surface area contributed by atoms with Crippen LogP contribution in [0.4, 0.5) is 0 Å². The Bertz CT molecular complexity index is 654. The van der Waals surface area contributed by atoms with Gasteiger partial charge in [-0.1, -0.05) is 82.3 Å². The zero-order valence-electron chi connectivity index (χ0n) is 19.7. The SMILES string of the molecule is CC(C)CN(CCCCNCc1ccc(CNCc2ccccc2)cc1)CC(C)C. The van der Waals surface area contributed by atoms with E-state index in [2.05, 4.69) is 97.8 Å². The van der Waals surface area contributed by atoms with E-state index >= 15 is 0 Å². The molecule has 0 radical (unpaired) electrons. The van der Waals surface area contributed by atoms with Crippen LogP contribution in [-0.4, -0.2) is 31.1 Å². The summed E-state index contributed by atoms with van der Waals surface area (Å²) in [6, 6.07) is 19.5. The summed E-state index contributed by atoms with van der Waals surface area (Å²) >= 11 is 0. The average Bonchev–Trinajstić information content (AvgIpc) is 2.71. The van der Waals surface area contributed by atoms with Crippen LogP contribution < -0.4 is 10.6 Å². The Kier molecular flexibility index (Phi) is 11.8. The van der Waals surface area contributed by atoms with Gasteiger partial charge in [-0.15, -0.1) is 0 Å². The van der Waals surface area contributed by atoms with Crippen molar-refractivity contribution in [3.63, 3.8) is 0 Å². The molecule has 0 aliphatic rings. The van der Waals surface area contributed by atoms with Gasteiger partial charge in [-0.25, -0.2) is 0 Å².